The lowest BCUT2D eigenvalue weighted by atomic mass is 9.95. The van der Waals surface area contributed by atoms with Gasteiger partial charge in [0.1, 0.15) is 5.82 Å². The second-order valence-electron chi connectivity index (χ2n) is 9.38. The Bertz CT molecular complexity index is 1640. The Kier molecular flexibility index (Phi) is 6.11. The molecule has 0 bridgehead atoms. The molecule has 0 unspecified atom stereocenters. The van der Waals surface area contributed by atoms with Crippen LogP contribution >= 0.6 is 11.3 Å². The highest BCUT2D eigenvalue weighted by Gasteiger charge is 2.20. The van der Waals surface area contributed by atoms with Gasteiger partial charge in [-0.2, -0.15) is 0 Å². The molecule has 6 rings (SSSR count). The summed E-state index contributed by atoms with van der Waals surface area (Å²) in [5.74, 6) is 0.671. The summed E-state index contributed by atoms with van der Waals surface area (Å²) in [5, 5.41) is 2.86. The molecule has 0 spiro atoms. The highest BCUT2D eigenvalue weighted by molar-refractivity contribution is 7.07. The molecular formula is C30H28N4OS. The van der Waals surface area contributed by atoms with Gasteiger partial charge in [0.2, 0.25) is 0 Å². The molecule has 1 aliphatic rings. The molecule has 2 aromatic heterocycles. The predicted molar refractivity (Wildman–Crippen MR) is 147 cm³/mol. The van der Waals surface area contributed by atoms with Gasteiger partial charge >= 0.3 is 0 Å². The maximum atomic E-state index is 13.2. The van der Waals surface area contributed by atoms with Crippen molar-refractivity contribution in [3.05, 3.63) is 105 Å². The van der Waals surface area contributed by atoms with E-state index in [0.29, 0.717) is 17.3 Å². The molecule has 5 aromatic rings. The number of aryl methyl sites for hydroxylation is 1. The van der Waals surface area contributed by atoms with Crippen LogP contribution < -0.4 is 10.4 Å². The zero-order valence-electron chi connectivity index (χ0n) is 20.3. The van der Waals surface area contributed by atoms with Crippen LogP contribution in [0.15, 0.2) is 94.0 Å². The van der Waals surface area contributed by atoms with E-state index in [9.17, 15) is 4.79 Å². The molecule has 0 atom stereocenters. The van der Waals surface area contributed by atoms with Crippen molar-refractivity contribution in [2.24, 2.45) is 4.99 Å². The molecule has 6 heteroatoms. The summed E-state index contributed by atoms with van der Waals surface area (Å²) in [6.45, 7) is 1.87. The Hall–Kier alpha value is -3.77. The molecular weight excluding hydrogens is 464 g/mol. The third-order valence-corrected chi connectivity index (χ3v) is 7.87. The summed E-state index contributed by atoms with van der Waals surface area (Å²) in [6.07, 6.45) is 6.24. The Morgan fingerprint density at radius 3 is 2.39 bits per heavy atom. The summed E-state index contributed by atoms with van der Waals surface area (Å²) in [5.41, 5.74) is 4.82. The molecule has 3 aromatic carbocycles. The Balaban J connectivity index is 1.41. The van der Waals surface area contributed by atoms with Crippen LogP contribution in [-0.2, 0) is 0 Å². The number of fused-ring (bicyclic) bond motifs is 1. The van der Waals surface area contributed by atoms with Gasteiger partial charge in [-0.1, -0.05) is 61.7 Å². The minimum Gasteiger partial charge on any atom is -0.313 e. The minimum absolute atomic E-state index is 0.0521. The summed E-state index contributed by atoms with van der Waals surface area (Å²) in [4.78, 5) is 23.9. The van der Waals surface area contributed by atoms with Crippen LogP contribution in [0.2, 0.25) is 0 Å². The second kappa shape index (κ2) is 9.70. The van der Waals surface area contributed by atoms with Crippen molar-refractivity contribution in [1.29, 1.82) is 0 Å². The first-order valence-electron chi connectivity index (χ1n) is 12.6. The van der Waals surface area contributed by atoms with Gasteiger partial charge in [-0.15, -0.1) is 11.3 Å². The van der Waals surface area contributed by atoms with Gasteiger partial charge in [0.25, 0.3) is 5.56 Å². The standard InChI is InChI=1S/C30H28N4OS/c1-21-31-27-15-9-8-14-26(27)29(35)33(21)25-18-16-23(17-19-25)32-30-34(24-12-6-3-7-13-24)28(20-36-30)22-10-4-2-5-11-22/h2,4-5,8-11,14-20,24H,3,6-7,12-13H2,1H3. The topological polar surface area (TPSA) is 52.2 Å². The zero-order chi connectivity index (χ0) is 24.5. The summed E-state index contributed by atoms with van der Waals surface area (Å²) >= 11 is 1.70. The first-order chi connectivity index (χ1) is 17.7. The quantitative estimate of drug-likeness (QED) is 0.272. The molecule has 0 radical (unpaired) electrons. The second-order valence-corrected chi connectivity index (χ2v) is 10.2. The van der Waals surface area contributed by atoms with E-state index in [1.54, 1.807) is 15.9 Å². The predicted octanol–water partition coefficient (Wildman–Crippen LogP) is 6.96. The van der Waals surface area contributed by atoms with Gasteiger partial charge < -0.3 is 4.57 Å². The van der Waals surface area contributed by atoms with Crippen LogP contribution in [0.1, 0.15) is 44.0 Å². The molecule has 0 aliphatic heterocycles. The van der Waals surface area contributed by atoms with Crippen molar-refractivity contribution in [3.63, 3.8) is 0 Å². The van der Waals surface area contributed by atoms with Crippen LogP contribution in [0.3, 0.4) is 0 Å². The number of nitrogens with zero attached hydrogens (tertiary/aromatic N) is 4. The van der Waals surface area contributed by atoms with E-state index in [0.717, 1.165) is 21.7 Å². The number of benzene rings is 3. The maximum Gasteiger partial charge on any atom is 0.265 e. The number of rotatable bonds is 4. The molecule has 5 nitrogen and oxygen atoms in total. The number of hydrogen-bond acceptors (Lipinski definition) is 4. The maximum absolute atomic E-state index is 13.2. The number of aromatic nitrogens is 3. The third-order valence-electron chi connectivity index (χ3n) is 7.03. The van der Waals surface area contributed by atoms with E-state index in [-0.39, 0.29) is 5.56 Å². The Morgan fingerprint density at radius 1 is 0.889 bits per heavy atom. The number of para-hydroxylation sites is 1. The van der Waals surface area contributed by atoms with Crippen molar-refractivity contribution in [3.8, 4) is 16.9 Å². The number of hydrogen-bond donors (Lipinski definition) is 0. The Morgan fingerprint density at radius 2 is 1.61 bits per heavy atom. The van der Waals surface area contributed by atoms with E-state index in [4.69, 9.17) is 4.99 Å². The highest BCUT2D eigenvalue weighted by Crippen LogP contribution is 2.32. The molecule has 1 aliphatic carbocycles. The number of thiazole rings is 1. The fraction of sp³-hybridized carbons (Fsp3) is 0.233. The molecule has 0 N–H and O–H groups in total. The molecule has 0 amide bonds. The molecule has 1 saturated carbocycles. The van der Waals surface area contributed by atoms with Crippen molar-refractivity contribution in [2.45, 2.75) is 45.1 Å². The average Bonchev–Trinajstić information content (AvgIpc) is 3.34. The normalized spacial score (nSPS) is 15.0. The van der Waals surface area contributed by atoms with Crippen LogP contribution in [0.25, 0.3) is 27.8 Å². The molecule has 36 heavy (non-hydrogen) atoms. The van der Waals surface area contributed by atoms with E-state index in [1.165, 1.54) is 43.4 Å². The fourth-order valence-corrected chi connectivity index (χ4v) is 6.23. The largest absolute Gasteiger partial charge is 0.313 e. The van der Waals surface area contributed by atoms with Crippen LogP contribution in [0.4, 0.5) is 5.69 Å². The molecule has 180 valence electrons. The van der Waals surface area contributed by atoms with Gasteiger partial charge in [0, 0.05) is 11.4 Å². The lowest BCUT2D eigenvalue weighted by Crippen LogP contribution is -2.23. The van der Waals surface area contributed by atoms with Gasteiger partial charge in [-0.25, -0.2) is 9.98 Å². The van der Waals surface area contributed by atoms with Gasteiger partial charge in [0.15, 0.2) is 4.80 Å². The van der Waals surface area contributed by atoms with Crippen molar-refractivity contribution in [1.82, 2.24) is 14.1 Å². The van der Waals surface area contributed by atoms with E-state index < -0.39 is 0 Å². The summed E-state index contributed by atoms with van der Waals surface area (Å²) in [6, 6.07) is 26.5. The van der Waals surface area contributed by atoms with E-state index in [1.807, 2.05) is 55.5 Å². The summed E-state index contributed by atoms with van der Waals surface area (Å²) in [7, 11) is 0. The molecule has 0 saturated heterocycles. The van der Waals surface area contributed by atoms with Crippen molar-refractivity contribution >= 4 is 27.9 Å². The zero-order valence-corrected chi connectivity index (χ0v) is 21.1. The molecule has 2 heterocycles. The minimum atomic E-state index is -0.0521. The highest BCUT2D eigenvalue weighted by atomic mass is 32.1. The van der Waals surface area contributed by atoms with Crippen LogP contribution in [0.5, 0.6) is 0 Å². The average molecular weight is 493 g/mol. The molecule has 1 fully saturated rings. The fourth-order valence-electron chi connectivity index (χ4n) is 5.25. The van der Waals surface area contributed by atoms with Crippen LogP contribution in [0, 0.1) is 6.92 Å². The van der Waals surface area contributed by atoms with Gasteiger partial charge in [-0.05, 0) is 61.7 Å². The first kappa shape index (κ1) is 22.7. The Labute approximate surface area is 214 Å². The van der Waals surface area contributed by atoms with Crippen molar-refractivity contribution < 1.29 is 0 Å². The summed E-state index contributed by atoms with van der Waals surface area (Å²) < 4.78 is 4.13. The van der Waals surface area contributed by atoms with Gasteiger partial charge in [-0.3, -0.25) is 9.36 Å². The van der Waals surface area contributed by atoms with Crippen LogP contribution in [-0.4, -0.2) is 14.1 Å². The first-order valence-corrected chi connectivity index (χ1v) is 13.5. The SMILES string of the molecule is Cc1nc2ccccc2c(=O)n1-c1ccc(N=c2scc(-c3ccccc3)n2C2CCCCC2)cc1. The smallest absolute Gasteiger partial charge is 0.265 e. The monoisotopic (exact) mass is 492 g/mol. The lowest BCUT2D eigenvalue weighted by molar-refractivity contribution is 0.351. The third kappa shape index (κ3) is 4.22. The lowest BCUT2D eigenvalue weighted by Gasteiger charge is -2.25. The van der Waals surface area contributed by atoms with E-state index >= 15 is 0 Å². The van der Waals surface area contributed by atoms with E-state index in [2.05, 4.69) is 45.3 Å². The van der Waals surface area contributed by atoms with Crippen molar-refractivity contribution in [2.75, 3.05) is 0 Å². The van der Waals surface area contributed by atoms with Gasteiger partial charge in [0.05, 0.1) is 28.0 Å².